The molecule has 0 spiro atoms. The molecule has 0 fully saturated rings. The van der Waals surface area contributed by atoms with Crippen molar-refractivity contribution in [2.24, 2.45) is 0 Å². The Morgan fingerprint density at radius 2 is 2.18 bits per heavy atom. The van der Waals surface area contributed by atoms with E-state index < -0.39 is 11.4 Å². The molecule has 0 aliphatic heterocycles. The van der Waals surface area contributed by atoms with Gasteiger partial charge in [-0.1, -0.05) is 22.9 Å². The zero-order chi connectivity index (χ0) is 12.6. The quantitative estimate of drug-likeness (QED) is 0.941. The normalized spacial score (nSPS) is 11.7. The zero-order valence-corrected chi connectivity index (χ0v) is 11.5. The summed E-state index contributed by atoms with van der Waals surface area (Å²) in [6.07, 6.45) is 1.56. The van der Waals surface area contributed by atoms with Gasteiger partial charge in [-0.2, -0.15) is 0 Å². The van der Waals surface area contributed by atoms with Gasteiger partial charge in [0.1, 0.15) is 9.75 Å². The molecule has 4 nitrogen and oxygen atoms in total. The number of carboxylic acids is 1. The van der Waals surface area contributed by atoms with Crippen LogP contribution in [0.15, 0.2) is 11.6 Å². The van der Waals surface area contributed by atoms with E-state index in [9.17, 15) is 4.79 Å². The summed E-state index contributed by atoms with van der Waals surface area (Å²) in [6.45, 7) is 3.26. The van der Waals surface area contributed by atoms with Crippen LogP contribution >= 0.6 is 34.3 Å². The van der Waals surface area contributed by atoms with Gasteiger partial charge in [0.2, 0.25) is 0 Å². The molecule has 0 saturated heterocycles. The molecule has 2 rings (SSSR count). The number of thiazole rings is 2. The van der Waals surface area contributed by atoms with Crippen molar-refractivity contribution in [2.45, 2.75) is 19.3 Å². The van der Waals surface area contributed by atoms with Crippen molar-refractivity contribution >= 4 is 40.2 Å². The number of hydrogen-bond acceptors (Lipinski definition) is 5. The van der Waals surface area contributed by atoms with Crippen molar-refractivity contribution in [1.82, 2.24) is 9.97 Å². The van der Waals surface area contributed by atoms with Crippen molar-refractivity contribution in [3.05, 3.63) is 21.6 Å². The molecule has 17 heavy (non-hydrogen) atoms. The number of aromatic nitrogens is 2. The molecular formula is C10H9ClN2O2S2. The van der Waals surface area contributed by atoms with Crippen LogP contribution < -0.4 is 0 Å². The summed E-state index contributed by atoms with van der Waals surface area (Å²) < 4.78 is 0.592. The molecule has 7 heteroatoms. The van der Waals surface area contributed by atoms with Crippen LogP contribution in [0.25, 0.3) is 10.0 Å². The number of rotatable bonds is 3. The highest BCUT2D eigenvalue weighted by atomic mass is 35.5. The van der Waals surface area contributed by atoms with Crippen LogP contribution in [0.3, 0.4) is 0 Å². The van der Waals surface area contributed by atoms with Crippen LogP contribution in [0, 0.1) is 0 Å². The van der Waals surface area contributed by atoms with E-state index in [1.807, 2.05) is 0 Å². The summed E-state index contributed by atoms with van der Waals surface area (Å²) in [6, 6.07) is 0. The molecule has 0 radical (unpaired) electrons. The average Bonchev–Trinajstić information content (AvgIpc) is 2.85. The van der Waals surface area contributed by atoms with Gasteiger partial charge in [0.15, 0.2) is 10.0 Å². The van der Waals surface area contributed by atoms with E-state index in [0.717, 1.165) is 0 Å². The third kappa shape index (κ3) is 2.34. The number of halogens is 1. The van der Waals surface area contributed by atoms with Crippen molar-refractivity contribution in [1.29, 1.82) is 0 Å². The Bertz CT molecular complexity index is 562. The first-order valence-corrected chi connectivity index (χ1v) is 6.80. The van der Waals surface area contributed by atoms with Gasteiger partial charge >= 0.3 is 5.97 Å². The number of nitrogens with zero attached hydrogens (tertiary/aromatic N) is 2. The second-order valence-corrected chi connectivity index (χ2v) is 6.46. The largest absolute Gasteiger partial charge is 0.481 e. The Hall–Kier alpha value is -0.980. The summed E-state index contributed by atoms with van der Waals surface area (Å²) in [5.74, 6) is -0.897. The first-order valence-electron chi connectivity index (χ1n) is 4.72. The predicted octanol–water partition coefficient (Wildman–Crippen LogP) is 3.28. The summed E-state index contributed by atoms with van der Waals surface area (Å²) in [7, 11) is 0. The predicted molar refractivity (Wildman–Crippen MR) is 68.9 cm³/mol. The monoisotopic (exact) mass is 288 g/mol. The standard InChI is InChI=1S/C10H9ClN2O2S2/c1-10(2,9(14)15)5-4-16-8(13-5)7-12-3-6(11)17-7/h3-4H,1-2H3,(H,14,15). The molecule has 0 atom stereocenters. The molecule has 0 bridgehead atoms. The first kappa shape index (κ1) is 12.5. The molecule has 0 amide bonds. The molecule has 2 aromatic heterocycles. The summed E-state index contributed by atoms with van der Waals surface area (Å²) in [4.78, 5) is 19.5. The van der Waals surface area contributed by atoms with E-state index in [1.165, 1.54) is 22.7 Å². The molecule has 0 aliphatic carbocycles. The van der Waals surface area contributed by atoms with Gasteiger partial charge in [-0.05, 0) is 13.8 Å². The van der Waals surface area contributed by atoms with Crippen LogP contribution in [0.4, 0.5) is 0 Å². The van der Waals surface area contributed by atoms with E-state index in [-0.39, 0.29) is 0 Å². The highest BCUT2D eigenvalue weighted by Crippen LogP contribution is 2.33. The lowest BCUT2D eigenvalue weighted by atomic mass is 9.90. The lowest BCUT2D eigenvalue weighted by Gasteiger charge is -2.15. The molecule has 1 N–H and O–H groups in total. The maximum atomic E-state index is 11.1. The number of aliphatic carboxylic acids is 1. The second kappa shape index (κ2) is 4.36. The lowest BCUT2D eigenvalue weighted by molar-refractivity contribution is -0.142. The summed E-state index contributed by atoms with van der Waals surface area (Å²) in [5, 5.41) is 12.3. The zero-order valence-electron chi connectivity index (χ0n) is 9.10. The Kier molecular flexibility index (Phi) is 3.20. The second-order valence-electron chi connectivity index (χ2n) is 3.94. The Balaban J connectivity index is 2.37. The summed E-state index contributed by atoms with van der Waals surface area (Å²) in [5.41, 5.74) is -0.452. The van der Waals surface area contributed by atoms with Crippen LogP contribution in [0.1, 0.15) is 19.5 Å². The molecule has 90 valence electrons. The fraction of sp³-hybridized carbons (Fsp3) is 0.300. The van der Waals surface area contributed by atoms with Crippen molar-refractivity contribution in [3.8, 4) is 10.0 Å². The van der Waals surface area contributed by atoms with E-state index in [2.05, 4.69) is 9.97 Å². The average molecular weight is 289 g/mol. The van der Waals surface area contributed by atoms with E-state index in [1.54, 1.807) is 25.4 Å². The number of carbonyl (C=O) groups is 1. The third-order valence-electron chi connectivity index (χ3n) is 2.34. The van der Waals surface area contributed by atoms with Crippen LogP contribution in [0.5, 0.6) is 0 Å². The maximum Gasteiger partial charge on any atom is 0.315 e. The van der Waals surface area contributed by atoms with Gasteiger partial charge in [-0.15, -0.1) is 11.3 Å². The fourth-order valence-corrected chi connectivity index (χ4v) is 3.06. The molecule has 0 unspecified atom stereocenters. The number of carboxylic acid groups (broad SMARTS) is 1. The van der Waals surface area contributed by atoms with Gasteiger partial charge in [-0.3, -0.25) is 4.79 Å². The van der Waals surface area contributed by atoms with Crippen molar-refractivity contribution in [3.63, 3.8) is 0 Å². The number of hydrogen-bond donors (Lipinski definition) is 1. The Morgan fingerprint density at radius 3 is 2.71 bits per heavy atom. The van der Waals surface area contributed by atoms with E-state index in [0.29, 0.717) is 20.0 Å². The molecule has 0 aliphatic rings. The lowest BCUT2D eigenvalue weighted by Crippen LogP contribution is -2.28. The van der Waals surface area contributed by atoms with Crippen LogP contribution in [0.2, 0.25) is 4.34 Å². The van der Waals surface area contributed by atoms with Gasteiger partial charge in [0.25, 0.3) is 0 Å². The molecule has 2 aromatic rings. The minimum absolute atomic E-state index is 0.538. The highest BCUT2D eigenvalue weighted by molar-refractivity contribution is 7.22. The first-order chi connectivity index (χ1) is 7.91. The fourth-order valence-electron chi connectivity index (χ4n) is 1.12. The van der Waals surface area contributed by atoms with Gasteiger partial charge in [0.05, 0.1) is 11.9 Å². The molecule has 0 aromatic carbocycles. The van der Waals surface area contributed by atoms with Gasteiger partial charge in [0, 0.05) is 5.38 Å². The maximum absolute atomic E-state index is 11.1. The van der Waals surface area contributed by atoms with Crippen molar-refractivity contribution in [2.75, 3.05) is 0 Å². The van der Waals surface area contributed by atoms with Crippen molar-refractivity contribution < 1.29 is 9.90 Å². The van der Waals surface area contributed by atoms with Crippen LogP contribution in [-0.4, -0.2) is 21.0 Å². The topological polar surface area (TPSA) is 63.1 Å². The minimum atomic E-state index is -0.990. The van der Waals surface area contributed by atoms with E-state index in [4.69, 9.17) is 16.7 Å². The van der Waals surface area contributed by atoms with Crippen LogP contribution in [-0.2, 0) is 10.2 Å². The third-order valence-corrected chi connectivity index (χ3v) is 4.44. The smallest absolute Gasteiger partial charge is 0.315 e. The van der Waals surface area contributed by atoms with Gasteiger partial charge in [-0.25, -0.2) is 9.97 Å². The van der Waals surface area contributed by atoms with E-state index >= 15 is 0 Å². The summed E-state index contributed by atoms with van der Waals surface area (Å²) >= 11 is 8.50. The molecule has 2 heterocycles. The minimum Gasteiger partial charge on any atom is -0.481 e. The highest BCUT2D eigenvalue weighted by Gasteiger charge is 2.32. The molecular weight excluding hydrogens is 280 g/mol. The Morgan fingerprint density at radius 1 is 1.47 bits per heavy atom. The SMILES string of the molecule is CC(C)(C(=O)O)c1csc(-c2ncc(Cl)s2)n1. The molecule has 0 saturated carbocycles. The van der Waals surface area contributed by atoms with Gasteiger partial charge < -0.3 is 5.11 Å². The Labute approximate surface area is 111 Å².